The molecule has 0 radical (unpaired) electrons. The smallest absolute Gasteiger partial charge is 0.226 e. The molecule has 2 N–H and O–H groups in total. The van der Waals surface area contributed by atoms with Gasteiger partial charge in [0, 0.05) is 19.6 Å². The third kappa shape index (κ3) is 5.13. The molecular weight excluding hydrogens is 236 g/mol. The molecule has 1 aliphatic rings. The van der Waals surface area contributed by atoms with Crippen LogP contribution in [0.15, 0.2) is 0 Å². The summed E-state index contributed by atoms with van der Waals surface area (Å²) in [6, 6.07) is 0. The minimum atomic E-state index is 0.0237. The standard InChI is InChI=1S/C16H32N2O/c1-12(2)10-15(11-17)16(19)18-8-5-6-14(7-9-18)13(3)4/h12-15H,5-11,17H2,1-4H3. The van der Waals surface area contributed by atoms with Crippen LogP contribution in [-0.4, -0.2) is 30.4 Å². The zero-order valence-corrected chi connectivity index (χ0v) is 13.2. The van der Waals surface area contributed by atoms with E-state index in [0.717, 1.165) is 44.2 Å². The molecule has 2 unspecified atom stereocenters. The number of nitrogens with two attached hydrogens (primary N) is 1. The zero-order valence-electron chi connectivity index (χ0n) is 13.2. The van der Waals surface area contributed by atoms with Crippen LogP contribution in [0.1, 0.15) is 53.4 Å². The average Bonchev–Trinajstić information content (AvgIpc) is 2.60. The number of rotatable bonds is 5. The molecule has 3 nitrogen and oxygen atoms in total. The minimum absolute atomic E-state index is 0.0237. The van der Waals surface area contributed by atoms with Crippen molar-refractivity contribution in [3.8, 4) is 0 Å². The molecule has 0 aromatic rings. The summed E-state index contributed by atoms with van der Waals surface area (Å²) >= 11 is 0. The minimum Gasteiger partial charge on any atom is -0.342 e. The first-order chi connectivity index (χ1) is 8.95. The van der Waals surface area contributed by atoms with Crippen LogP contribution in [-0.2, 0) is 4.79 Å². The zero-order chi connectivity index (χ0) is 14.4. The van der Waals surface area contributed by atoms with Gasteiger partial charge in [0.2, 0.25) is 5.91 Å². The third-order valence-electron chi connectivity index (χ3n) is 4.42. The van der Waals surface area contributed by atoms with Gasteiger partial charge >= 0.3 is 0 Å². The van der Waals surface area contributed by atoms with E-state index in [1.807, 2.05) is 0 Å². The summed E-state index contributed by atoms with van der Waals surface area (Å²) in [6.45, 7) is 11.3. The van der Waals surface area contributed by atoms with Crippen LogP contribution in [0.4, 0.5) is 0 Å². The fourth-order valence-electron chi connectivity index (χ4n) is 3.13. The quantitative estimate of drug-likeness (QED) is 0.833. The number of carbonyl (C=O) groups excluding carboxylic acids is 1. The van der Waals surface area contributed by atoms with Gasteiger partial charge in [-0.15, -0.1) is 0 Å². The molecule has 1 aliphatic heterocycles. The van der Waals surface area contributed by atoms with Gasteiger partial charge in [0.05, 0.1) is 5.92 Å². The van der Waals surface area contributed by atoms with Crippen molar-refractivity contribution in [2.24, 2.45) is 29.4 Å². The first kappa shape index (κ1) is 16.5. The Morgan fingerprint density at radius 3 is 2.42 bits per heavy atom. The lowest BCUT2D eigenvalue weighted by atomic mass is 9.89. The Balaban J connectivity index is 2.56. The van der Waals surface area contributed by atoms with Crippen molar-refractivity contribution in [1.29, 1.82) is 0 Å². The maximum absolute atomic E-state index is 12.5. The summed E-state index contributed by atoms with van der Waals surface area (Å²) in [4.78, 5) is 14.6. The van der Waals surface area contributed by atoms with Crippen LogP contribution in [0.25, 0.3) is 0 Å². The molecule has 0 aromatic heterocycles. The lowest BCUT2D eigenvalue weighted by Gasteiger charge is -2.26. The molecule has 1 saturated heterocycles. The van der Waals surface area contributed by atoms with Crippen molar-refractivity contribution in [1.82, 2.24) is 4.90 Å². The molecule has 19 heavy (non-hydrogen) atoms. The van der Waals surface area contributed by atoms with Crippen LogP contribution in [0, 0.1) is 23.7 Å². The van der Waals surface area contributed by atoms with Crippen molar-refractivity contribution in [3.63, 3.8) is 0 Å². The molecule has 0 spiro atoms. The molecule has 1 heterocycles. The highest BCUT2D eigenvalue weighted by molar-refractivity contribution is 5.79. The highest BCUT2D eigenvalue weighted by Gasteiger charge is 2.27. The molecule has 0 bridgehead atoms. The van der Waals surface area contributed by atoms with Crippen LogP contribution in [0.3, 0.4) is 0 Å². The Morgan fingerprint density at radius 1 is 1.21 bits per heavy atom. The number of likely N-dealkylation sites (tertiary alicyclic amines) is 1. The van der Waals surface area contributed by atoms with Gasteiger partial charge in [-0.25, -0.2) is 0 Å². The Bertz CT molecular complexity index is 276. The van der Waals surface area contributed by atoms with E-state index in [1.165, 1.54) is 6.42 Å². The van der Waals surface area contributed by atoms with Crippen molar-refractivity contribution < 1.29 is 4.79 Å². The molecule has 0 saturated carbocycles. The Morgan fingerprint density at radius 2 is 1.89 bits per heavy atom. The molecular formula is C16H32N2O. The van der Waals surface area contributed by atoms with E-state index in [4.69, 9.17) is 5.73 Å². The lowest BCUT2D eigenvalue weighted by Crippen LogP contribution is -2.40. The van der Waals surface area contributed by atoms with Gasteiger partial charge in [0.1, 0.15) is 0 Å². The highest BCUT2D eigenvalue weighted by atomic mass is 16.2. The van der Waals surface area contributed by atoms with Crippen LogP contribution >= 0.6 is 0 Å². The predicted octanol–water partition coefficient (Wildman–Crippen LogP) is 2.89. The molecule has 1 rings (SSSR count). The van der Waals surface area contributed by atoms with Gasteiger partial charge < -0.3 is 10.6 Å². The second kappa shape index (κ2) is 7.88. The van der Waals surface area contributed by atoms with Gasteiger partial charge in [-0.1, -0.05) is 27.7 Å². The van der Waals surface area contributed by atoms with Crippen molar-refractivity contribution in [2.75, 3.05) is 19.6 Å². The normalized spacial score (nSPS) is 22.7. The number of hydrogen-bond donors (Lipinski definition) is 1. The topological polar surface area (TPSA) is 46.3 Å². The maximum atomic E-state index is 12.5. The van der Waals surface area contributed by atoms with Gasteiger partial charge in [-0.05, 0) is 43.4 Å². The summed E-state index contributed by atoms with van der Waals surface area (Å²) in [6.07, 6.45) is 4.48. The molecule has 0 aromatic carbocycles. The van der Waals surface area contributed by atoms with Crippen molar-refractivity contribution in [2.45, 2.75) is 53.4 Å². The SMILES string of the molecule is CC(C)CC(CN)C(=O)N1CCCC(C(C)C)CC1. The van der Waals surface area contributed by atoms with Crippen molar-refractivity contribution in [3.05, 3.63) is 0 Å². The molecule has 1 amide bonds. The van der Waals surface area contributed by atoms with Crippen LogP contribution < -0.4 is 5.73 Å². The Kier molecular flexibility index (Phi) is 6.84. The van der Waals surface area contributed by atoms with E-state index in [0.29, 0.717) is 18.4 Å². The third-order valence-corrected chi connectivity index (χ3v) is 4.42. The van der Waals surface area contributed by atoms with E-state index in [9.17, 15) is 4.79 Å². The summed E-state index contributed by atoms with van der Waals surface area (Å²) in [5.41, 5.74) is 5.80. The second-order valence-corrected chi connectivity index (χ2v) is 6.82. The molecule has 2 atom stereocenters. The molecule has 112 valence electrons. The van der Waals surface area contributed by atoms with E-state index in [2.05, 4.69) is 32.6 Å². The summed E-state index contributed by atoms with van der Waals surface area (Å²) in [7, 11) is 0. The Hall–Kier alpha value is -0.570. The van der Waals surface area contributed by atoms with Gasteiger partial charge in [-0.2, -0.15) is 0 Å². The molecule has 3 heteroatoms. The van der Waals surface area contributed by atoms with Crippen LogP contribution in [0.5, 0.6) is 0 Å². The summed E-state index contributed by atoms with van der Waals surface area (Å²) in [5, 5.41) is 0. The summed E-state index contributed by atoms with van der Waals surface area (Å²) in [5.74, 6) is 2.36. The van der Waals surface area contributed by atoms with Gasteiger partial charge in [0.15, 0.2) is 0 Å². The highest BCUT2D eigenvalue weighted by Crippen LogP contribution is 2.25. The van der Waals surface area contributed by atoms with E-state index >= 15 is 0 Å². The fourth-order valence-corrected chi connectivity index (χ4v) is 3.13. The number of hydrogen-bond acceptors (Lipinski definition) is 2. The summed E-state index contributed by atoms with van der Waals surface area (Å²) < 4.78 is 0. The Labute approximate surface area is 118 Å². The van der Waals surface area contributed by atoms with E-state index in [1.54, 1.807) is 0 Å². The van der Waals surface area contributed by atoms with E-state index < -0.39 is 0 Å². The fraction of sp³-hybridized carbons (Fsp3) is 0.938. The van der Waals surface area contributed by atoms with Gasteiger partial charge in [-0.3, -0.25) is 4.79 Å². The largest absolute Gasteiger partial charge is 0.342 e. The number of amides is 1. The number of nitrogens with zero attached hydrogens (tertiary/aromatic N) is 1. The van der Waals surface area contributed by atoms with Gasteiger partial charge in [0.25, 0.3) is 0 Å². The molecule has 0 aliphatic carbocycles. The first-order valence-corrected chi connectivity index (χ1v) is 7.94. The maximum Gasteiger partial charge on any atom is 0.226 e. The van der Waals surface area contributed by atoms with Crippen molar-refractivity contribution >= 4 is 5.91 Å². The monoisotopic (exact) mass is 268 g/mol. The molecule has 1 fully saturated rings. The first-order valence-electron chi connectivity index (χ1n) is 7.94. The van der Waals surface area contributed by atoms with Crippen LogP contribution in [0.2, 0.25) is 0 Å². The van der Waals surface area contributed by atoms with E-state index in [-0.39, 0.29) is 5.92 Å². The second-order valence-electron chi connectivity index (χ2n) is 6.82. The predicted molar refractivity (Wildman–Crippen MR) is 80.8 cm³/mol. The average molecular weight is 268 g/mol. The number of carbonyl (C=O) groups is 1. The lowest BCUT2D eigenvalue weighted by molar-refractivity contribution is -0.135.